The van der Waals surface area contributed by atoms with Gasteiger partial charge in [-0.05, 0) is 43.0 Å². The summed E-state index contributed by atoms with van der Waals surface area (Å²) < 4.78 is 0. The predicted molar refractivity (Wildman–Crippen MR) is 85.2 cm³/mol. The molecule has 1 saturated heterocycles. The van der Waals surface area contributed by atoms with Crippen molar-refractivity contribution in [2.75, 3.05) is 23.3 Å². The molecule has 1 atom stereocenters. The van der Waals surface area contributed by atoms with Crippen LogP contribution in [0, 0.1) is 5.92 Å². The van der Waals surface area contributed by atoms with Crippen molar-refractivity contribution >= 4 is 17.3 Å². The molecule has 2 rings (SSSR count). The van der Waals surface area contributed by atoms with E-state index in [1.165, 1.54) is 12.1 Å². The van der Waals surface area contributed by atoms with E-state index in [0.717, 1.165) is 44.0 Å². The average Bonchev–Trinajstić information content (AvgIpc) is 2.86. The van der Waals surface area contributed by atoms with Crippen LogP contribution in [-0.4, -0.2) is 19.0 Å². The standard InChI is InChI=1S/C17H26N2O/c1-3-4-5-6-17(20)18-15-7-9-16(10-8-15)19-12-11-14(2)13-19/h7-10,14H,3-6,11-13H2,1-2H3,(H,18,20). The normalized spacial score (nSPS) is 18.3. The maximum atomic E-state index is 11.7. The van der Waals surface area contributed by atoms with Gasteiger partial charge in [0, 0.05) is 30.9 Å². The van der Waals surface area contributed by atoms with Gasteiger partial charge in [0.15, 0.2) is 0 Å². The highest BCUT2D eigenvalue weighted by molar-refractivity contribution is 5.90. The SMILES string of the molecule is CCCCCC(=O)Nc1ccc(N2CCC(C)C2)cc1. The highest BCUT2D eigenvalue weighted by Gasteiger charge is 2.18. The van der Waals surface area contributed by atoms with Gasteiger partial charge in [0.05, 0.1) is 0 Å². The summed E-state index contributed by atoms with van der Waals surface area (Å²) in [7, 11) is 0. The first kappa shape index (κ1) is 14.9. The van der Waals surface area contributed by atoms with Crippen LogP contribution >= 0.6 is 0 Å². The number of unbranched alkanes of at least 4 members (excludes halogenated alkanes) is 2. The first-order chi connectivity index (χ1) is 9.69. The molecule has 0 saturated carbocycles. The van der Waals surface area contributed by atoms with E-state index in [9.17, 15) is 4.79 Å². The number of amides is 1. The lowest BCUT2D eigenvalue weighted by Gasteiger charge is -2.18. The Morgan fingerprint density at radius 3 is 2.65 bits per heavy atom. The number of nitrogens with zero attached hydrogens (tertiary/aromatic N) is 1. The zero-order chi connectivity index (χ0) is 14.4. The van der Waals surface area contributed by atoms with Gasteiger partial charge in [-0.2, -0.15) is 0 Å². The average molecular weight is 274 g/mol. The fourth-order valence-electron chi connectivity index (χ4n) is 2.68. The van der Waals surface area contributed by atoms with Crippen LogP contribution in [0.15, 0.2) is 24.3 Å². The highest BCUT2D eigenvalue weighted by atomic mass is 16.1. The summed E-state index contributed by atoms with van der Waals surface area (Å²) in [5.74, 6) is 0.911. The second kappa shape index (κ2) is 7.32. The Hall–Kier alpha value is -1.51. The van der Waals surface area contributed by atoms with Crippen molar-refractivity contribution in [3.05, 3.63) is 24.3 Å². The Morgan fingerprint density at radius 1 is 1.30 bits per heavy atom. The van der Waals surface area contributed by atoms with Crippen molar-refractivity contribution in [2.24, 2.45) is 5.92 Å². The molecule has 1 unspecified atom stereocenters. The monoisotopic (exact) mass is 274 g/mol. The minimum absolute atomic E-state index is 0.126. The van der Waals surface area contributed by atoms with Crippen molar-refractivity contribution in [1.29, 1.82) is 0 Å². The van der Waals surface area contributed by atoms with Crippen molar-refractivity contribution in [3.8, 4) is 0 Å². The van der Waals surface area contributed by atoms with Crippen LogP contribution in [0.25, 0.3) is 0 Å². The number of rotatable bonds is 6. The third-order valence-electron chi connectivity index (χ3n) is 3.95. The summed E-state index contributed by atoms with van der Waals surface area (Å²) in [5, 5.41) is 2.97. The Kier molecular flexibility index (Phi) is 5.45. The molecular formula is C17H26N2O. The summed E-state index contributed by atoms with van der Waals surface area (Å²) in [4.78, 5) is 14.2. The van der Waals surface area contributed by atoms with Crippen LogP contribution in [0.2, 0.25) is 0 Å². The van der Waals surface area contributed by atoms with E-state index in [1.54, 1.807) is 0 Å². The second-order valence-electron chi connectivity index (χ2n) is 5.89. The molecule has 1 fully saturated rings. The van der Waals surface area contributed by atoms with Crippen LogP contribution in [0.1, 0.15) is 46.0 Å². The Balaban J connectivity index is 1.83. The van der Waals surface area contributed by atoms with E-state index in [-0.39, 0.29) is 5.91 Å². The molecule has 1 aliphatic heterocycles. The lowest BCUT2D eigenvalue weighted by atomic mass is 10.2. The van der Waals surface area contributed by atoms with E-state index in [0.29, 0.717) is 6.42 Å². The van der Waals surface area contributed by atoms with Crippen molar-refractivity contribution in [1.82, 2.24) is 0 Å². The zero-order valence-corrected chi connectivity index (χ0v) is 12.7. The van der Waals surface area contributed by atoms with Gasteiger partial charge in [0.2, 0.25) is 5.91 Å². The number of nitrogens with one attached hydrogen (secondary N) is 1. The fraction of sp³-hybridized carbons (Fsp3) is 0.588. The number of carbonyl (C=O) groups excluding carboxylic acids is 1. The maximum absolute atomic E-state index is 11.7. The van der Waals surface area contributed by atoms with E-state index in [1.807, 2.05) is 12.1 Å². The van der Waals surface area contributed by atoms with Gasteiger partial charge < -0.3 is 10.2 Å². The third-order valence-corrected chi connectivity index (χ3v) is 3.95. The Morgan fingerprint density at radius 2 is 2.05 bits per heavy atom. The van der Waals surface area contributed by atoms with E-state index in [2.05, 4.69) is 36.2 Å². The lowest BCUT2D eigenvalue weighted by molar-refractivity contribution is -0.116. The lowest BCUT2D eigenvalue weighted by Crippen LogP contribution is -2.19. The molecule has 3 heteroatoms. The van der Waals surface area contributed by atoms with Crippen LogP contribution < -0.4 is 10.2 Å². The zero-order valence-electron chi connectivity index (χ0n) is 12.7. The molecule has 1 aliphatic rings. The van der Waals surface area contributed by atoms with E-state index < -0.39 is 0 Å². The molecule has 20 heavy (non-hydrogen) atoms. The molecule has 0 aromatic heterocycles. The third kappa shape index (κ3) is 4.26. The molecule has 110 valence electrons. The van der Waals surface area contributed by atoms with Gasteiger partial charge in [0.1, 0.15) is 0 Å². The van der Waals surface area contributed by atoms with Crippen molar-refractivity contribution in [3.63, 3.8) is 0 Å². The van der Waals surface area contributed by atoms with E-state index >= 15 is 0 Å². The minimum Gasteiger partial charge on any atom is -0.371 e. The molecule has 1 aromatic carbocycles. The highest BCUT2D eigenvalue weighted by Crippen LogP contribution is 2.24. The molecule has 1 amide bonds. The first-order valence-electron chi connectivity index (χ1n) is 7.84. The summed E-state index contributed by atoms with van der Waals surface area (Å²) in [5.41, 5.74) is 2.17. The number of carbonyl (C=O) groups is 1. The first-order valence-corrected chi connectivity index (χ1v) is 7.84. The molecule has 1 heterocycles. The summed E-state index contributed by atoms with van der Waals surface area (Å²) in [6, 6.07) is 8.24. The molecule has 0 bridgehead atoms. The van der Waals surface area contributed by atoms with Gasteiger partial charge in [0.25, 0.3) is 0 Å². The summed E-state index contributed by atoms with van der Waals surface area (Å²) in [6.45, 7) is 6.73. The maximum Gasteiger partial charge on any atom is 0.224 e. The molecule has 1 aromatic rings. The minimum atomic E-state index is 0.126. The summed E-state index contributed by atoms with van der Waals surface area (Å²) >= 11 is 0. The van der Waals surface area contributed by atoms with Crippen LogP contribution in [0.5, 0.6) is 0 Å². The smallest absolute Gasteiger partial charge is 0.224 e. The second-order valence-corrected chi connectivity index (χ2v) is 5.89. The molecule has 3 nitrogen and oxygen atoms in total. The molecule has 1 N–H and O–H groups in total. The molecule has 0 aliphatic carbocycles. The fourth-order valence-corrected chi connectivity index (χ4v) is 2.68. The van der Waals surface area contributed by atoms with Crippen LogP contribution in [0.4, 0.5) is 11.4 Å². The topological polar surface area (TPSA) is 32.3 Å². The predicted octanol–water partition coefficient (Wildman–Crippen LogP) is 4.05. The van der Waals surface area contributed by atoms with Gasteiger partial charge in [-0.25, -0.2) is 0 Å². The van der Waals surface area contributed by atoms with Gasteiger partial charge in [-0.15, -0.1) is 0 Å². The quantitative estimate of drug-likeness (QED) is 0.794. The van der Waals surface area contributed by atoms with Crippen molar-refractivity contribution in [2.45, 2.75) is 46.0 Å². The Labute approximate surface area is 122 Å². The van der Waals surface area contributed by atoms with E-state index in [4.69, 9.17) is 0 Å². The Bertz CT molecular complexity index is 427. The largest absolute Gasteiger partial charge is 0.371 e. The molecular weight excluding hydrogens is 248 g/mol. The number of hydrogen-bond acceptors (Lipinski definition) is 2. The van der Waals surface area contributed by atoms with Gasteiger partial charge >= 0.3 is 0 Å². The van der Waals surface area contributed by atoms with Crippen LogP contribution in [0.3, 0.4) is 0 Å². The molecule has 0 spiro atoms. The number of benzene rings is 1. The molecule has 0 radical (unpaired) electrons. The number of anilines is 2. The van der Waals surface area contributed by atoms with Gasteiger partial charge in [-0.3, -0.25) is 4.79 Å². The van der Waals surface area contributed by atoms with Crippen molar-refractivity contribution < 1.29 is 4.79 Å². The summed E-state index contributed by atoms with van der Waals surface area (Å²) in [6.07, 6.45) is 5.15. The van der Waals surface area contributed by atoms with Crippen LogP contribution in [-0.2, 0) is 4.79 Å². The van der Waals surface area contributed by atoms with Gasteiger partial charge in [-0.1, -0.05) is 26.7 Å². The number of hydrogen-bond donors (Lipinski definition) is 1.